The molecule has 29 heavy (non-hydrogen) atoms. The van der Waals surface area contributed by atoms with E-state index < -0.39 is 17.8 Å². The van der Waals surface area contributed by atoms with Crippen molar-refractivity contribution in [2.45, 2.75) is 13.0 Å². The highest BCUT2D eigenvalue weighted by Gasteiger charge is 2.24. The van der Waals surface area contributed by atoms with E-state index in [4.69, 9.17) is 14.7 Å². The number of amides is 1. The van der Waals surface area contributed by atoms with Gasteiger partial charge in [0.05, 0.1) is 18.2 Å². The molecule has 5 nitrogen and oxygen atoms in total. The lowest BCUT2D eigenvalue weighted by atomic mass is 10.1. The van der Waals surface area contributed by atoms with Gasteiger partial charge in [0.2, 0.25) is 6.10 Å². The molecule has 1 amide bonds. The van der Waals surface area contributed by atoms with Crippen molar-refractivity contribution in [3.05, 3.63) is 89.7 Å². The number of halogens is 1. The molecule has 0 spiro atoms. The Labute approximate surface area is 168 Å². The number of rotatable bonds is 7. The number of nitrogens with one attached hydrogen (secondary N) is 1. The number of ether oxygens (including phenoxy) is 2. The zero-order valence-electron chi connectivity index (χ0n) is 15.8. The summed E-state index contributed by atoms with van der Waals surface area (Å²) in [6.07, 6.45) is -0.978. The molecule has 3 aromatic rings. The maximum absolute atomic E-state index is 13.1. The molecule has 0 heterocycles. The molecule has 3 aromatic carbocycles. The number of nitriles is 1. The quantitative estimate of drug-likeness (QED) is 0.626. The van der Waals surface area contributed by atoms with E-state index in [1.165, 1.54) is 24.3 Å². The van der Waals surface area contributed by atoms with Gasteiger partial charge in [-0.25, -0.2) is 4.39 Å². The molecule has 0 saturated heterocycles. The average molecular weight is 390 g/mol. The van der Waals surface area contributed by atoms with E-state index in [1.807, 2.05) is 13.0 Å². The van der Waals surface area contributed by atoms with E-state index in [0.29, 0.717) is 34.9 Å². The fraction of sp³-hybridized carbons (Fsp3) is 0.130. The molecule has 146 valence electrons. The molecule has 0 saturated carbocycles. The van der Waals surface area contributed by atoms with Crippen molar-refractivity contribution in [2.75, 3.05) is 11.9 Å². The largest absolute Gasteiger partial charge is 0.490 e. The van der Waals surface area contributed by atoms with Gasteiger partial charge in [0.1, 0.15) is 5.82 Å². The zero-order chi connectivity index (χ0) is 20.6. The van der Waals surface area contributed by atoms with Crippen molar-refractivity contribution in [3.63, 3.8) is 0 Å². The van der Waals surface area contributed by atoms with Crippen LogP contribution in [0.1, 0.15) is 24.2 Å². The molecular weight excluding hydrogens is 371 g/mol. The first-order valence-electron chi connectivity index (χ1n) is 9.05. The number of carbonyl (C=O) groups excluding carboxylic acids is 1. The topological polar surface area (TPSA) is 71.3 Å². The predicted molar refractivity (Wildman–Crippen MR) is 107 cm³/mol. The lowest BCUT2D eigenvalue weighted by Crippen LogP contribution is -2.26. The number of anilines is 1. The number of nitrogens with zero attached hydrogens (tertiary/aromatic N) is 1. The van der Waals surface area contributed by atoms with Crippen LogP contribution in [0.5, 0.6) is 11.5 Å². The Kier molecular flexibility index (Phi) is 6.43. The highest BCUT2D eigenvalue weighted by molar-refractivity contribution is 5.95. The molecule has 0 aliphatic carbocycles. The maximum atomic E-state index is 13.1. The summed E-state index contributed by atoms with van der Waals surface area (Å²) in [5.74, 6) is -0.0940. The Bertz CT molecular complexity index is 1010. The minimum Gasteiger partial charge on any atom is -0.490 e. The third-order valence-corrected chi connectivity index (χ3v) is 4.07. The highest BCUT2D eigenvalue weighted by atomic mass is 19.1. The molecule has 6 heteroatoms. The standard InChI is InChI=1S/C23H19FN2O3/c1-2-28-21-14-16(15-25)8-13-20(21)29-22(17-6-4-3-5-7-17)23(27)26-19-11-9-18(24)10-12-19/h3-14,22H,2H2,1H3,(H,26,27)/t22-/m1/s1. The molecule has 1 N–H and O–H groups in total. The van der Waals surface area contributed by atoms with Crippen LogP contribution in [0, 0.1) is 17.1 Å². The summed E-state index contributed by atoms with van der Waals surface area (Å²) in [6.45, 7) is 2.20. The maximum Gasteiger partial charge on any atom is 0.270 e. The molecule has 3 rings (SSSR count). The van der Waals surface area contributed by atoms with Gasteiger partial charge in [-0.1, -0.05) is 30.3 Å². The summed E-state index contributed by atoms with van der Waals surface area (Å²) >= 11 is 0. The second-order valence-corrected chi connectivity index (χ2v) is 6.11. The number of carbonyl (C=O) groups is 1. The second-order valence-electron chi connectivity index (χ2n) is 6.11. The lowest BCUT2D eigenvalue weighted by molar-refractivity contribution is -0.123. The van der Waals surface area contributed by atoms with Gasteiger partial charge in [0, 0.05) is 17.3 Å². The van der Waals surface area contributed by atoms with Gasteiger partial charge in [-0.05, 0) is 43.3 Å². The first-order chi connectivity index (χ1) is 14.1. The highest BCUT2D eigenvalue weighted by Crippen LogP contribution is 2.33. The number of benzene rings is 3. The van der Waals surface area contributed by atoms with Gasteiger partial charge in [-0.3, -0.25) is 4.79 Å². The van der Waals surface area contributed by atoms with Crippen LogP contribution in [-0.4, -0.2) is 12.5 Å². The van der Waals surface area contributed by atoms with Crippen LogP contribution in [0.4, 0.5) is 10.1 Å². The lowest BCUT2D eigenvalue weighted by Gasteiger charge is -2.21. The summed E-state index contributed by atoms with van der Waals surface area (Å²) in [7, 11) is 0. The van der Waals surface area contributed by atoms with Crippen LogP contribution < -0.4 is 14.8 Å². The Hall–Kier alpha value is -3.85. The van der Waals surface area contributed by atoms with E-state index in [1.54, 1.807) is 42.5 Å². The van der Waals surface area contributed by atoms with Crippen LogP contribution in [0.15, 0.2) is 72.8 Å². The van der Waals surface area contributed by atoms with Crippen molar-refractivity contribution in [1.82, 2.24) is 0 Å². The molecule has 0 fully saturated rings. The minimum absolute atomic E-state index is 0.342. The molecule has 0 aliphatic rings. The van der Waals surface area contributed by atoms with Crippen molar-refractivity contribution in [1.29, 1.82) is 5.26 Å². The number of hydrogen-bond acceptors (Lipinski definition) is 4. The minimum atomic E-state index is -0.978. The SMILES string of the molecule is CCOc1cc(C#N)ccc1O[C@@H](C(=O)Nc1ccc(F)cc1)c1ccccc1. The van der Waals surface area contributed by atoms with Gasteiger partial charge in [0.15, 0.2) is 11.5 Å². The second kappa shape index (κ2) is 9.38. The molecule has 0 bridgehead atoms. The van der Waals surface area contributed by atoms with Crippen molar-refractivity contribution in [3.8, 4) is 17.6 Å². The van der Waals surface area contributed by atoms with Crippen LogP contribution >= 0.6 is 0 Å². The fourth-order valence-electron chi connectivity index (χ4n) is 2.71. The molecule has 0 unspecified atom stereocenters. The Balaban J connectivity index is 1.91. The van der Waals surface area contributed by atoms with Gasteiger partial charge in [0.25, 0.3) is 5.91 Å². The predicted octanol–water partition coefficient (Wildman–Crippen LogP) is 4.85. The average Bonchev–Trinajstić information content (AvgIpc) is 2.75. The molecule has 1 atom stereocenters. The van der Waals surface area contributed by atoms with Gasteiger partial charge >= 0.3 is 0 Å². The van der Waals surface area contributed by atoms with Crippen molar-refractivity contribution >= 4 is 11.6 Å². The van der Waals surface area contributed by atoms with Gasteiger partial charge in [-0.2, -0.15) is 5.26 Å². The summed E-state index contributed by atoms with van der Waals surface area (Å²) in [5, 5.41) is 11.9. The van der Waals surface area contributed by atoms with Crippen LogP contribution in [0.25, 0.3) is 0 Å². The molecule has 0 radical (unpaired) electrons. The van der Waals surface area contributed by atoms with E-state index >= 15 is 0 Å². The normalized spacial score (nSPS) is 11.2. The third-order valence-electron chi connectivity index (χ3n) is 4.07. The Morgan fingerprint density at radius 3 is 2.45 bits per heavy atom. The Morgan fingerprint density at radius 2 is 1.79 bits per heavy atom. The summed E-state index contributed by atoms with van der Waals surface area (Å²) in [6, 6.07) is 21.3. The van der Waals surface area contributed by atoms with E-state index in [2.05, 4.69) is 11.4 Å². The van der Waals surface area contributed by atoms with Crippen molar-refractivity contribution in [2.24, 2.45) is 0 Å². The van der Waals surface area contributed by atoms with Gasteiger partial charge < -0.3 is 14.8 Å². The first kappa shape index (κ1) is 19.9. The Morgan fingerprint density at radius 1 is 1.07 bits per heavy atom. The van der Waals surface area contributed by atoms with Crippen molar-refractivity contribution < 1.29 is 18.7 Å². The first-order valence-corrected chi connectivity index (χ1v) is 9.05. The van der Waals surface area contributed by atoms with E-state index in [0.717, 1.165) is 0 Å². The number of hydrogen-bond donors (Lipinski definition) is 1. The van der Waals surface area contributed by atoms with Crippen LogP contribution in [-0.2, 0) is 4.79 Å². The zero-order valence-corrected chi connectivity index (χ0v) is 15.8. The smallest absolute Gasteiger partial charge is 0.270 e. The van der Waals surface area contributed by atoms with Gasteiger partial charge in [-0.15, -0.1) is 0 Å². The van der Waals surface area contributed by atoms with E-state index in [9.17, 15) is 9.18 Å². The monoisotopic (exact) mass is 390 g/mol. The summed E-state index contributed by atoms with van der Waals surface area (Å²) < 4.78 is 24.7. The summed E-state index contributed by atoms with van der Waals surface area (Å²) in [5.41, 5.74) is 1.51. The van der Waals surface area contributed by atoms with E-state index in [-0.39, 0.29) is 0 Å². The fourth-order valence-corrected chi connectivity index (χ4v) is 2.71. The molecule has 0 aromatic heterocycles. The third kappa shape index (κ3) is 5.11. The molecular formula is C23H19FN2O3. The molecule has 0 aliphatic heterocycles. The summed E-state index contributed by atoms with van der Waals surface area (Å²) in [4.78, 5) is 13.0. The van der Waals surface area contributed by atoms with Crippen LogP contribution in [0.3, 0.4) is 0 Å². The van der Waals surface area contributed by atoms with Crippen LogP contribution in [0.2, 0.25) is 0 Å².